The second-order valence-electron chi connectivity index (χ2n) is 29.6. The summed E-state index contributed by atoms with van der Waals surface area (Å²) in [5, 5.41) is 37.2. The van der Waals surface area contributed by atoms with E-state index in [-0.39, 0.29) is 60.8 Å². The number of aliphatic hydroxyl groups is 1. The topological polar surface area (TPSA) is 408 Å². The molecule has 114 heavy (non-hydrogen) atoms. The molecule has 4 unspecified atom stereocenters. The molecule has 0 bridgehead atoms. The number of aliphatic hydroxyl groups excluding tert-OH is 1. The summed E-state index contributed by atoms with van der Waals surface area (Å²) >= 11 is 0. The van der Waals surface area contributed by atoms with Gasteiger partial charge in [0.05, 0.1) is 18.7 Å². The largest absolute Gasteiger partial charge is 1.00 e. The second kappa shape index (κ2) is 48.9. The van der Waals surface area contributed by atoms with Crippen LogP contribution in [0.15, 0.2) is 183 Å². The third-order valence-corrected chi connectivity index (χ3v) is 15.1. The van der Waals surface area contributed by atoms with Crippen molar-refractivity contribution in [3.8, 4) is 0 Å². The Kier molecular flexibility index (Phi) is 41.7. The molecule has 0 saturated heterocycles. The van der Waals surface area contributed by atoms with Gasteiger partial charge in [0, 0.05) is 128 Å². The summed E-state index contributed by atoms with van der Waals surface area (Å²) in [5.41, 5.74) is 13.6. The summed E-state index contributed by atoms with van der Waals surface area (Å²) in [4.78, 5) is 120. The van der Waals surface area contributed by atoms with E-state index < -0.39 is 76.6 Å². The van der Waals surface area contributed by atoms with Crippen molar-refractivity contribution in [3.63, 3.8) is 0 Å². The Hall–Kier alpha value is -10.9. The van der Waals surface area contributed by atoms with E-state index >= 15 is 0 Å². The molecular formula is C84H109BN10NaO18. The van der Waals surface area contributed by atoms with Crippen molar-refractivity contribution in [2.45, 2.75) is 189 Å². The molecule has 0 aliphatic rings. The van der Waals surface area contributed by atoms with Gasteiger partial charge in [-0.2, -0.15) is 0 Å². The van der Waals surface area contributed by atoms with E-state index in [1.165, 1.54) is 29.0 Å². The third kappa shape index (κ3) is 39.5. The van der Waals surface area contributed by atoms with Crippen LogP contribution >= 0.6 is 0 Å². The molecule has 30 heteroatoms. The maximum atomic E-state index is 12.3. The number of hydrogen-bond donors (Lipinski definition) is 12. The van der Waals surface area contributed by atoms with E-state index in [1.54, 1.807) is 68.5 Å². The van der Waals surface area contributed by atoms with Gasteiger partial charge in [-0.25, -0.2) is 43.3 Å². The number of amides is 4. The summed E-state index contributed by atoms with van der Waals surface area (Å²) in [5.74, 6) is -2.85. The smallest absolute Gasteiger partial charge is 0.793 e. The molecule has 0 aliphatic carbocycles. The van der Waals surface area contributed by atoms with Gasteiger partial charge in [-0.1, -0.05) is 133 Å². The number of carboxylic acids is 1. The Labute approximate surface area is 688 Å². The summed E-state index contributed by atoms with van der Waals surface area (Å²) in [6, 6.07) is 49.7. The van der Waals surface area contributed by atoms with Gasteiger partial charge in [-0.3, -0.25) is 4.79 Å². The fraction of sp³-hybridized carbons (Fsp3) is 0.369. The van der Waals surface area contributed by atoms with E-state index in [9.17, 15) is 53.4 Å². The molecule has 13 N–H and O–H groups in total. The Bertz CT molecular complexity index is 4580. The van der Waals surface area contributed by atoms with E-state index in [4.69, 9.17) is 24.7 Å². The molecule has 4 aromatic heterocycles. The molecule has 607 valence electrons. The first-order chi connectivity index (χ1) is 53.3. The number of nitrogens with two attached hydrogens (primary N) is 1. The standard InChI is InChI=1S/C23H29N3O2.C16H20N2O4.C16H22N2O3.C16H20N2O3.C7H9N.C4H6O4.C2H3BO2.Na/c1-23(2,3)28-22(27)26-19(16-24-14-17-9-5-4-6-10-17)13-18-15-25-21-12-8-7-11-20(18)21;1-16(2,3)22-15(21)18-13(14(19)20)8-10-9-17-12-7-5-4-6-11(10)12;2*1-16(2,3)21-15(20)18-12(10-19)8-11-9-17-14-7-5-4-6-13(11)14;8-6-7-4-2-1-3-5-7;1-3(5)7-8-4(2)6;1-2(4)5-3;/h4-12,15,19,24-25H,13-14,16H2,1-3H3,(H,26,27);4-7,9,13,17H,8H2,1-3H3,(H,18,21)(H,19,20);4-7,9,12,17,19H,8,10H2,1-3H3,(H,18,20);4-7,9-10,12,17H,8H2,1-3H3,(H,18,20);1-5H,6,8H2;1-2H3;1H3;/q;;;;;;-1;+1. The van der Waals surface area contributed by atoms with Gasteiger partial charge in [0.1, 0.15) is 34.7 Å². The van der Waals surface area contributed by atoms with Crippen molar-refractivity contribution >= 4 is 106 Å². The first kappa shape index (κ1) is 97.3. The number of para-hydroxylation sites is 4. The van der Waals surface area contributed by atoms with Gasteiger partial charge in [0.25, 0.3) is 0 Å². The molecule has 3 radical (unpaired) electrons. The maximum absolute atomic E-state index is 12.3. The van der Waals surface area contributed by atoms with Crippen LogP contribution in [-0.4, -0.2) is 152 Å². The number of aldehydes is 1. The van der Waals surface area contributed by atoms with Crippen LogP contribution in [0.3, 0.4) is 0 Å². The number of H-pyrrole nitrogens is 4. The molecular weight excluding hydrogens is 1470 g/mol. The number of nitrogens with one attached hydrogen (secondary N) is 9. The number of alkyl carbamates (subject to hydrolysis) is 4. The number of carbonyl (C=O) groups excluding carboxylic acids is 8. The zero-order valence-electron chi connectivity index (χ0n) is 67.9. The van der Waals surface area contributed by atoms with Gasteiger partial charge in [-0.05, 0) is 154 Å². The second-order valence-corrected chi connectivity index (χ2v) is 29.6. The summed E-state index contributed by atoms with van der Waals surface area (Å²) in [7, 11) is 4.32. The normalized spacial score (nSPS) is 11.9. The first-order valence-corrected chi connectivity index (χ1v) is 36.5. The number of ether oxygens (including phenoxy) is 4. The van der Waals surface area contributed by atoms with Crippen LogP contribution < -0.4 is 61.9 Å². The van der Waals surface area contributed by atoms with Crippen LogP contribution in [0.2, 0.25) is 0 Å². The molecule has 0 aliphatic heterocycles. The number of aromatic nitrogens is 4. The van der Waals surface area contributed by atoms with Crippen molar-refractivity contribution in [2.75, 3.05) is 13.2 Å². The molecule has 0 saturated carbocycles. The van der Waals surface area contributed by atoms with Crippen LogP contribution in [0, 0.1) is 0 Å². The van der Waals surface area contributed by atoms with Gasteiger partial charge < -0.3 is 98.9 Å². The minimum atomic E-state index is -1.10. The fourth-order valence-electron chi connectivity index (χ4n) is 10.4. The van der Waals surface area contributed by atoms with Crippen molar-refractivity contribution < 1.29 is 116 Å². The fourth-order valence-corrected chi connectivity index (χ4v) is 10.4. The SMILES string of the molecule is CC(=O)OOC(C)=O.CC(C)(C)OC(=O)NC(C=O)Cc1c[nH]c2ccccc12.CC(C)(C)OC(=O)NC(CNCc1ccccc1)Cc1c[nH]c2ccccc12.CC(C)(C)OC(=O)NC(CO)Cc1c[nH]c2ccccc12.CC(C)(C)OC(=O)NC(Cc1c[nH]c2ccccc12)C(=O)O.NCc1ccccc1.[B-]OC(C)=O.[Na+]. The predicted octanol–water partition coefficient (Wildman–Crippen LogP) is 10.3. The molecule has 4 amide bonds. The average molecular weight is 1580 g/mol. The zero-order valence-corrected chi connectivity index (χ0v) is 69.9. The third-order valence-electron chi connectivity index (χ3n) is 15.1. The maximum Gasteiger partial charge on any atom is 1.00 e. The molecule has 0 spiro atoms. The Morgan fingerprint density at radius 1 is 0.439 bits per heavy atom. The van der Waals surface area contributed by atoms with Gasteiger partial charge >= 0.3 is 71.8 Å². The van der Waals surface area contributed by atoms with E-state index in [0.29, 0.717) is 32.4 Å². The number of carboxylic acid groups (broad SMARTS) is 1. The molecule has 28 nitrogen and oxygen atoms in total. The van der Waals surface area contributed by atoms with Crippen molar-refractivity contribution in [3.05, 3.63) is 216 Å². The van der Waals surface area contributed by atoms with E-state index in [1.807, 2.05) is 173 Å². The Morgan fingerprint density at radius 2 is 0.746 bits per heavy atom. The predicted molar refractivity (Wildman–Crippen MR) is 435 cm³/mol. The number of carbonyl (C=O) groups is 9. The monoisotopic (exact) mass is 1580 g/mol. The minimum absolute atomic E-state index is 0. The Morgan fingerprint density at radius 3 is 1.06 bits per heavy atom. The summed E-state index contributed by atoms with van der Waals surface area (Å²) < 4.78 is 24.5. The van der Waals surface area contributed by atoms with Crippen LogP contribution in [-0.2, 0) is 96.1 Å². The zero-order chi connectivity index (χ0) is 83.9. The molecule has 4 heterocycles. The first-order valence-electron chi connectivity index (χ1n) is 36.5. The Balaban J connectivity index is 0.000000363. The number of aliphatic carboxylic acids is 1. The summed E-state index contributed by atoms with van der Waals surface area (Å²) in [6.45, 7) is 27.0. The number of aromatic amines is 4. The van der Waals surface area contributed by atoms with Crippen LogP contribution in [0.25, 0.3) is 43.6 Å². The van der Waals surface area contributed by atoms with Gasteiger partial charge in [0.2, 0.25) is 5.97 Å². The van der Waals surface area contributed by atoms with E-state index in [0.717, 1.165) is 81.6 Å². The number of benzene rings is 6. The van der Waals surface area contributed by atoms with Gasteiger partial charge in [-0.15, -0.1) is 0 Å². The average Bonchev–Trinajstić information content (AvgIpc) is 1.69. The molecule has 10 rings (SSSR count). The molecule has 10 aromatic rings. The number of fused-ring (bicyclic) bond motifs is 4. The number of hydrogen-bond acceptors (Lipinski definition) is 19. The van der Waals surface area contributed by atoms with Crippen LogP contribution in [0.5, 0.6) is 0 Å². The van der Waals surface area contributed by atoms with Crippen molar-refractivity contribution in [1.82, 2.24) is 46.5 Å². The molecule has 4 atom stereocenters. The molecule has 6 aromatic carbocycles. The van der Waals surface area contributed by atoms with Crippen molar-refractivity contribution in [2.24, 2.45) is 5.73 Å². The van der Waals surface area contributed by atoms with Crippen LogP contribution in [0.4, 0.5) is 19.2 Å². The van der Waals surface area contributed by atoms with Gasteiger partial charge in [0.15, 0.2) is 0 Å². The quantitative estimate of drug-likeness (QED) is 0.0111. The summed E-state index contributed by atoms with van der Waals surface area (Å²) in [6.07, 6.45) is 7.91. The van der Waals surface area contributed by atoms with Crippen molar-refractivity contribution in [1.29, 1.82) is 0 Å². The minimum Gasteiger partial charge on any atom is -0.793 e. The van der Waals surface area contributed by atoms with Crippen LogP contribution in [0.1, 0.15) is 137 Å². The number of rotatable bonds is 20. The molecule has 0 fully saturated rings. The van der Waals surface area contributed by atoms with E-state index in [2.05, 4.69) is 93.3 Å².